The molecule has 2 rings (SSSR count). The highest BCUT2D eigenvalue weighted by molar-refractivity contribution is 6.30. The van der Waals surface area contributed by atoms with Gasteiger partial charge in [-0.05, 0) is 19.2 Å². The number of likely N-dealkylation sites (N-methyl/N-ethyl adjacent to an activating group) is 1. The minimum atomic E-state index is -0.798. The van der Waals surface area contributed by atoms with Crippen molar-refractivity contribution in [3.63, 3.8) is 0 Å². The second-order valence-electron chi connectivity index (χ2n) is 4.55. The zero-order valence-electron chi connectivity index (χ0n) is 10.6. The van der Waals surface area contributed by atoms with Crippen molar-refractivity contribution in [3.8, 4) is 11.5 Å². The average Bonchev–Trinajstić information content (AvgIpc) is 2.36. The molecule has 0 bridgehead atoms. The summed E-state index contributed by atoms with van der Waals surface area (Å²) in [7, 11) is 1.86. The fraction of sp³-hybridized carbons (Fsp3) is 0.462. The number of carbonyl (C=O) groups is 1. The number of halogens is 1. The second kappa shape index (κ2) is 6.12. The summed E-state index contributed by atoms with van der Waals surface area (Å²) in [4.78, 5) is 12.4. The molecule has 5 nitrogen and oxygen atoms in total. The van der Waals surface area contributed by atoms with Gasteiger partial charge in [-0.25, -0.2) is 0 Å². The molecule has 1 unspecified atom stereocenters. The van der Waals surface area contributed by atoms with Gasteiger partial charge in [-0.3, -0.25) is 4.79 Å². The van der Waals surface area contributed by atoms with Crippen molar-refractivity contribution in [2.24, 2.45) is 0 Å². The fourth-order valence-corrected chi connectivity index (χ4v) is 2.07. The van der Waals surface area contributed by atoms with Gasteiger partial charge in [0.2, 0.25) is 0 Å². The van der Waals surface area contributed by atoms with Crippen molar-refractivity contribution < 1.29 is 19.4 Å². The van der Waals surface area contributed by atoms with Crippen LogP contribution in [0.4, 0.5) is 0 Å². The van der Waals surface area contributed by atoms with E-state index in [-0.39, 0.29) is 12.5 Å². The minimum Gasteiger partial charge on any atom is -0.486 e. The first-order chi connectivity index (χ1) is 9.04. The fourth-order valence-electron chi connectivity index (χ4n) is 1.90. The Morgan fingerprint density at radius 1 is 1.53 bits per heavy atom. The number of fused-ring (bicyclic) bond motifs is 1. The van der Waals surface area contributed by atoms with Crippen LogP contribution >= 0.6 is 11.6 Å². The molecule has 0 spiro atoms. The lowest BCUT2D eigenvalue weighted by Crippen LogP contribution is -2.40. The normalized spacial score (nSPS) is 17.5. The Bertz CT molecular complexity index is 466. The van der Waals surface area contributed by atoms with Crippen molar-refractivity contribution in [2.45, 2.75) is 12.5 Å². The van der Waals surface area contributed by atoms with Crippen molar-refractivity contribution >= 4 is 17.6 Å². The third-order valence-electron chi connectivity index (χ3n) is 2.85. The van der Waals surface area contributed by atoms with Crippen molar-refractivity contribution in [1.29, 1.82) is 0 Å². The Morgan fingerprint density at radius 2 is 2.32 bits per heavy atom. The Labute approximate surface area is 116 Å². The van der Waals surface area contributed by atoms with Crippen LogP contribution in [0.2, 0.25) is 5.02 Å². The molecular formula is C13H16ClNO4. The highest BCUT2D eigenvalue weighted by Gasteiger charge is 2.22. The number of hydrogen-bond donors (Lipinski definition) is 1. The maximum Gasteiger partial charge on any atom is 0.304 e. The van der Waals surface area contributed by atoms with Crippen LogP contribution in [-0.2, 0) is 4.79 Å². The van der Waals surface area contributed by atoms with Gasteiger partial charge in [0.1, 0.15) is 12.7 Å². The molecule has 1 aromatic carbocycles. The highest BCUT2D eigenvalue weighted by atomic mass is 35.5. The summed E-state index contributed by atoms with van der Waals surface area (Å²) >= 11 is 5.87. The van der Waals surface area contributed by atoms with Crippen molar-refractivity contribution in [2.75, 3.05) is 26.7 Å². The number of nitrogens with zero attached hydrogens (tertiary/aromatic N) is 1. The van der Waals surface area contributed by atoms with Gasteiger partial charge in [-0.1, -0.05) is 11.6 Å². The summed E-state index contributed by atoms with van der Waals surface area (Å²) in [6, 6.07) is 5.25. The number of carboxylic acid groups (broad SMARTS) is 1. The maximum atomic E-state index is 10.5. The van der Waals surface area contributed by atoms with Crippen LogP contribution < -0.4 is 9.47 Å². The summed E-state index contributed by atoms with van der Waals surface area (Å²) < 4.78 is 11.4. The molecule has 19 heavy (non-hydrogen) atoms. The van der Waals surface area contributed by atoms with Crippen LogP contribution in [0.15, 0.2) is 18.2 Å². The quantitative estimate of drug-likeness (QED) is 0.895. The Balaban J connectivity index is 1.88. The van der Waals surface area contributed by atoms with E-state index in [9.17, 15) is 4.79 Å². The van der Waals surface area contributed by atoms with Crippen LogP contribution in [-0.4, -0.2) is 48.8 Å². The van der Waals surface area contributed by atoms with Gasteiger partial charge in [0.05, 0.1) is 6.42 Å². The van der Waals surface area contributed by atoms with E-state index in [1.165, 1.54) is 0 Å². The standard InChI is InChI=1S/C13H16ClNO4/c1-15(5-4-13(16)17)7-10-8-18-12-6-9(14)2-3-11(12)19-10/h2-3,6,10H,4-5,7-8H2,1H3,(H,16,17). The molecule has 1 atom stereocenters. The van der Waals surface area contributed by atoms with Crippen LogP contribution in [0.1, 0.15) is 6.42 Å². The summed E-state index contributed by atoms with van der Waals surface area (Å²) in [6.07, 6.45) is 0.0171. The number of benzene rings is 1. The van der Waals surface area contributed by atoms with Gasteiger partial charge in [0, 0.05) is 24.2 Å². The maximum absolute atomic E-state index is 10.5. The Morgan fingerprint density at radius 3 is 3.05 bits per heavy atom. The first kappa shape index (κ1) is 14.0. The molecule has 0 amide bonds. The zero-order chi connectivity index (χ0) is 13.8. The number of hydrogen-bond acceptors (Lipinski definition) is 4. The monoisotopic (exact) mass is 285 g/mol. The van der Waals surface area contributed by atoms with E-state index in [1.54, 1.807) is 18.2 Å². The Hall–Kier alpha value is -1.46. The SMILES string of the molecule is CN(CCC(=O)O)CC1COc2cc(Cl)ccc2O1. The van der Waals surface area contributed by atoms with Crippen LogP contribution in [0.25, 0.3) is 0 Å². The van der Waals surface area contributed by atoms with Gasteiger partial charge in [0.15, 0.2) is 11.5 Å². The molecule has 0 saturated carbocycles. The van der Waals surface area contributed by atoms with E-state index in [0.717, 1.165) is 0 Å². The number of carboxylic acids is 1. The number of ether oxygens (including phenoxy) is 2. The average molecular weight is 286 g/mol. The predicted octanol–water partition coefficient (Wildman–Crippen LogP) is 1.89. The minimum absolute atomic E-state index is 0.104. The van der Waals surface area contributed by atoms with Crippen molar-refractivity contribution in [1.82, 2.24) is 4.90 Å². The molecule has 0 aromatic heterocycles. The third kappa shape index (κ3) is 4.01. The largest absolute Gasteiger partial charge is 0.486 e. The van der Waals surface area contributed by atoms with E-state index in [4.69, 9.17) is 26.2 Å². The number of aliphatic carboxylic acids is 1. The van der Waals surface area contributed by atoms with E-state index in [2.05, 4.69) is 0 Å². The molecule has 1 aromatic rings. The summed E-state index contributed by atoms with van der Waals surface area (Å²) in [5.41, 5.74) is 0. The molecule has 1 aliphatic heterocycles. The van der Waals surface area contributed by atoms with E-state index < -0.39 is 5.97 Å². The summed E-state index contributed by atoms with van der Waals surface area (Å²) in [5, 5.41) is 9.24. The molecule has 104 valence electrons. The van der Waals surface area contributed by atoms with E-state index in [1.807, 2.05) is 11.9 Å². The molecule has 1 heterocycles. The van der Waals surface area contributed by atoms with E-state index >= 15 is 0 Å². The van der Waals surface area contributed by atoms with Crippen LogP contribution in [0.5, 0.6) is 11.5 Å². The Kier molecular flexibility index (Phi) is 4.50. The molecule has 0 fully saturated rings. The van der Waals surface area contributed by atoms with Gasteiger partial charge >= 0.3 is 5.97 Å². The first-order valence-electron chi connectivity index (χ1n) is 6.04. The van der Waals surface area contributed by atoms with E-state index in [0.29, 0.717) is 36.2 Å². The molecule has 0 aliphatic carbocycles. The van der Waals surface area contributed by atoms with Gasteiger partial charge in [-0.15, -0.1) is 0 Å². The smallest absolute Gasteiger partial charge is 0.304 e. The second-order valence-corrected chi connectivity index (χ2v) is 4.98. The third-order valence-corrected chi connectivity index (χ3v) is 3.08. The lowest BCUT2D eigenvalue weighted by molar-refractivity contribution is -0.137. The highest BCUT2D eigenvalue weighted by Crippen LogP contribution is 2.34. The van der Waals surface area contributed by atoms with Gasteiger partial charge < -0.3 is 19.5 Å². The molecule has 1 aliphatic rings. The zero-order valence-corrected chi connectivity index (χ0v) is 11.4. The lowest BCUT2D eigenvalue weighted by Gasteiger charge is -2.29. The molecule has 0 radical (unpaired) electrons. The van der Waals surface area contributed by atoms with Crippen molar-refractivity contribution in [3.05, 3.63) is 23.2 Å². The topological polar surface area (TPSA) is 59.0 Å². The van der Waals surface area contributed by atoms with Crippen LogP contribution in [0, 0.1) is 0 Å². The summed E-state index contributed by atoms with van der Waals surface area (Å²) in [5.74, 6) is 0.525. The lowest BCUT2D eigenvalue weighted by atomic mass is 10.2. The molecule has 1 N–H and O–H groups in total. The first-order valence-corrected chi connectivity index (χ1v) is 6.42. The molecule has 6 heteroatoms. The molecular weight excluding hydrogens is 270 g/mol. The predicted molar refractivity (Wildman–Crippen MR) is 71.1 cm³/mol. The summed E-state index contributed by atoms with van der Waals surface area (Å²) in [6.45, 7) is 1.54. The number of rotatable bonds is 5. The van der Waals surface area contributed by atoms with Gasteiger partial charge in [-0.2, -0.15) is 0 Å². The molecule has 0 saturated heterocycles. The van der Waals surface area contributed by atoms with Crippen LogP contribution in [0.3, 0.4) is 0 Å². The van der Waals surface area contributed by atoms with Gasteiger partial charge in [0.25, 0.3) is 0 Å².